The maximum atomic E-state index is 14.0. The van der Waals surface area contributed by atoms with E-state index in [9.17, 15) is 8.78 Å². The van der Waals surface area contributed by atoms with Crippen molar-refractivity contribution in [2.75, 3.05) is 5.73 Å². The zero-order valence-electron chi connectivity index (χ0n) is 12.2. The molecule has 108 valence electrons. The van der Waals surface area contributed by atoms with E-state index in [0.29, 0.717) is 17.8 Å². The Morgan fingerprint density at radius 1 is 1.25 bits per heavy atom. The fourth-order valence-corrected chi connectivity index (χ4v) is 2.21. The van der Waals surface area contributed by atoms with Crippen molar-refractivity contribution in [3.8, 4) is 11.1 Å². The summed E-state index contributed by atoms with van der Waals surface area (Å²) in [6.07, 6.45) is 0.657. The summed E-state index contributed by atoms with van der Waals surface area (Å²) in [6, 6.07) is 3.50. The van der Waals surface area contributed by atoms with E-state index in [2.05, 4.69) is 25.9 Å². The maximum absolute atomic E-state index is 14.0. The second-order valence-corrected chi connectivity index (χ2v) is 6.19. The van der Waals surface area contributed by atoms with E-state index in [1.807, 2.05) is 0 Å². The van der Waals surface area contributed by atoms with Gasteiger partial charge >= 0.3 is 0 Å². The molecule has 1 aromatic heterocycles. The van der Waals surface area contributed by atoms with Crippen LogP contribution < -0.4 is 5.73 Å². The summed E-state index contributed by atoms with van der Waals surface area (Å²) in [5.74, 6) is -0.847. The molecule has 0 aliphatic heterocycles. The lowest BCUT2D eigenvalue weighted by Gasteiger charge is -2.17. The van der Waals surface area contributed by atoms with Crippen molar-refractivity contribution in [3.05, 3.63) is 35.5 Å². The molecule has 0 atom stereocenters. The second-order valence-electron chi connectivity index (χ2n) is 6.19. The minimum Gasteiger partial charge on any atom is -0.383 e. The number of aryl methyl sites for hydroxylation is 1. The number of rotatable bonds is 2. The molecule has 0 spiro atoms. The average molecular weight is 279 g/mol. The normalized spacial score (nSPS) is 11.9. The van der Waals surface area contributed by atoms with Crippen molar-refractivity contribution >= 4 is 5.82 Å². The van der Waals surface area contributed by atoms with Gasteiger partial charge in [-0.1, -0.05) is 20.8 Å². The molecule has 5 heteroatoms. The van der Waals surface area contributed by atoms with Gasteiger partial charge in [-0.05, 0) is 24.0 Å². The summed E-state index contributed by atoms with van der Waals surface area (Å²) in [5, 5.41) is 4.37. The van der Waals surface area contributed by atoms with Crippen LogP contribution >= 0.6 is 0 Å². The molecule has 20 heavy (non-hydrogen) atoms. The highest BCUT2D eigenvalue weighted by molar-refractivity contribution is 5.77. The number of anilines is 1. The summed E-state index contributed by atoms with van der Waals surface area (Å²) in [4.78, 5) is 0. The van der Waals surface area contributed by atoms with Gasteiger partial charge in [-0.3, -0.25) is 4.68 Å². The third-order valence-corrected chi connectivity index (χ3v) is 3.06. The SMILES string of the molecule is Cn1nc(CC(C)(C)C)c(-c2ccc(F)cc2F)c1N. The van der Waals surface area contributed by atoms with E-state index in [4.69, 9.17) is 5.73 Å². The van der Waals surface area contributed by atoms with E-state index < -0.39 is 11.6 Å². The van der Waals surface area contributed by atoms with Gasteiger partial charge in [0.25, 0.3) is 0 Å². The first-order valence-electron chi connectivity index (χ1n) is 6.46. The maximum Gasteiger partial charge on any atom is 0.134 e. The van der Waals surface area contributed by atoms with Crippen molar-refractivity contribution in [3.63, 3.8) is 0 Å². The van der Waals surface area contributed by atoms with E-state index in [1.54, 1.807) is 7.05 Å². The first-order chi connectivity index (χ1) is 9.19. The molecule has 0 fully saturated rings. The second kappa shape index (κ2) is 4.89. The van der Waals surface area contributed by atoms with Crippen LogP contribution in [0.4, 0.5) is 14.6 Å². The molecule has 3 nitrogen and oxygen atoms in total. The molecule has 0 bridgehead atoms. The fourth-order valence-electron chi connectivity index (χ4n) is 2.21. The highest BCUT2D eigenvalue weighted by Crippen LogP contribution is 2.34. The zero-order chi connectivity index (χ0) is 15.1. The minimum atomic E-state index is -0.625. The number of nitrogen functional groups attached to an aromatic ring is 1. The van der Waals surface area contributed by atoms with Crippen LogP contribution in [0.2, 0.25) is 0 Å². The molecule has 1 aromatic carbocycles. The number of hydrogen-bond acceptors (Lipinski definition) is 2. The molecular weight excluding hydrogens is 260 g/mol. The van der Waals surface area contributed by atoms with Gasteiger partial charge in [0, 0.05) is 24.2 Å². The van der Waals surface area contributed by atoms with Gasteiger partial charge in [0.2, 0.25) is 0 Å². The molecule has 0 unspecified atom stereocenters. The molecule has 2 rings (SSSR count). The van der Waals surface area contributed by atoms with Gasteiger partial charge in [0.15, 0.2) is 0 Å². The van der Waals surface area contributed by atoms with Crippen LogP contribution in [0.3, 0.4) is 0 Å². The minimum absolute atomic E-state index is 0.00789. The van der Waals surface area contributed by atoms with E-state index in [-0.39, 0.29) is 11.0 Å². The third kappa shape index (κ3) is 2.81. The van der Waals surface area contributed by atoms with Crippen molar-refractivity contribution in [1.82, 2.24) is 9.78 Å². The summed E-state index contributed by atoms with van der Waals surface area (Å²) in [5.41, 5.74) is 7.56. The van der Waals surface area contributed by atoms with Gasteiger partial charge in [-0.2, -0.15) is 5.10 Å². The molecule has 0 saturated carbocycles. The van der Waals surface area contributed by atoms with Crippen molar-refractivity contribution in [1.29, 1.82) is 0 Å². The van der Waals surface area contributed by atoms with Crippen LogP contribution in [0.5, 0.6) is 0 Å². The molecule has 2 aromatic rings. The lowest BCUT2D eigenvalue weighted by molar-refractivity contribution is 0.405. The Hall–Kier alpha value is -1.91. The predicted octanol–water partition coefficient (Wildman–Crippen LogP) is 3.54. The fraction of sp³-hybridized carbons (Fsp3) is 0.400. The first kappa shape index (κ1) is 14.5. The van der Waals surface area contributed by atoms with Crippen LogP contribution in [-0.4, -0.2) is 9.78 Å². The van der Waals surface area contributed by atoms with Gasteiger partial charge in [0.1, 0.15) is 17.5 Å². The first-order valence-corrected chi connectivity index (χ1v) is 6.46. The Balaban J connectivity index is 2.60. The van der Waals surface area contributed by atoms with Gasteiger partial charge in [-0.25, -0.2) is 8.78 Å². The van der Waals surface area contributed by atoms with Crippen LogP contribution in [-0.2, 0) is 13.5 Å². The molecule has 0 radical (unpaired) electrons. The Kier molecular flexibility index (Phi) is 3.54. The summed E-state index contributed by atoms with van der Waals surface area (Å²) in [6.45, 7) is 6.22. The molecule has 2 N–H and O–H groups in total. The number of aromatic nitrogens is 2. The highest BCUT2D eigenvalue weighted by Gasteiger charge is 2.23. The third-order valence-electron chi connectivity index (χ3n) is 3.06. The van der Waals surface area contributed by atoms with Crippen LogP contribution in [0.15, 0.2) is 18.2 Å². The number of benzene rings is 1. The van der Waals surface area contributed by atoms with Crippen molar-refractivity contribution in [2.24, 2.45) is 12.5 Å². The largest absolute Gasteiger partial charge is 0.383 e. The summed E-state index contributed by atoms with van der Waals surface area (Å²) in [7, 11) is 1.71. The van der Waals surface area contributed by atoms with Crippen LogP contribution in [0, 0.1) is 17.0 Å². The summed E-state index contributed by atoms with van der Waals surface area (Å²) >= 11 is 0. The molecular formula is C15H19F2N3. The Labute approximate surface area is 117 Å². The Morgan fingerprint density at radius 2 is 1.90 bits per heavy atom. The molecule has 0 aliphatic rings. The standard InChI is InChI=1S/C15H19F2N3/c1-15(2,3)8-12-13(14(18)20(4)19-12)10-6-5-9(16)7-11(10)17/h5-7H,8,18H2,1-4H3. The topological polar surface area (TPSA) is 43.8 Å². The quantitative estimate of drug-likeness (QED) is 0.913. The Morgan fingerprint density at radius 3 is 2.45 bits per heavy atom. The number of nitrogens with zero attached hydrogens (tertiary/aromatic N) is 2. The van der Waals surface area contributed by atoms with Crippen molar-refractivity contribution in [2.45, 2.75) is 27.2 Å². The molecule has 0 amide bonds. The van der Waals surface area contributed by atoms with E-state index in [0.717, 1.165) is 11.8 Å². The highest BCUT2D eigenvalue weighted by atomic mass is 19.1. The Bertz CT molecular complexity index is 639. The number of halogens is 2. The lowest BCUT2D eigenvalue weighted by atomic mass is 9.88. The smallest absolute Gasteiger partial charge is 0.134 e. The average Bonchev–Trinajstić information content (AvgIpc) is 2.53. The predicted molar refractivity (Wildman–Crippen MR) is 76.1 cm³/mol. The molecule has 1 heterocycles. The monoisotopic (exact) mass is 279 g/mol. The van der Waals surface area contributed by atoms with E-state index >= 15 is 0 Å². The number of hydrogen-bond donors (Lipinski definition) is 1. The van der Waals surface area contributed by atoms with Gasteiger partial charge < -0.3 is 5.73 Å². The van der Waals surface area contributed by atoms with E-state index in [1.165, 1.54) is 16.8 Å². The molecule has 0 aliphatic carbocycles. The number of nitrogens with two attached hydrogens (primary N) is 1. The van der Waals surface area contributed by atoms with Crippen LogP contribution in [0.1, 0.15) is 26.5 Å². The zero-order valence-corrected chi connectivity index (χ0v) is 12.2. The summed E-state index contributed by atoms with van der Waals surface area (Å²) < 4.78 is 28.6. The van der Waals surface area contributed by atoms with Crippen LogP contribution in [0.25, 0.3) is 11.1 Å². The van der Waals surface area contributed by atoms with Gasteiger partial charge in [-0.15, -0.1) is 0 Å². The van der Waals surface area contributed by atoms with Crippen molar-refractivity contribution < 1.29 is 8.78 Å². The molecule has 0 saturated heterocycles. The van der Waals surface area contributed by atoms with Gasteiger partial charge in [0.05, 0.1) is 5.69 Å². The lowest BCUT2D eigenvalue weighted by Crippen LogP contribution is -2.10.